The largest absolute Gasteiger partial charge is 0.477 e. The Morgan fingerprint density at radius 3 is 2.44 bits per heavy atom. The van der Waals surface area contributed by atoms with Crippen molar-refractivity contribution in [3.8, 4) is 0 Å². The van der Waals surface area contributed by atoms with E-state index < -0.39 is 34.6 Å². The number of pyridine rings is 1. The first-order valence-electron chi connectivity index (χ1n) is 7.81. The molecule has 0 spiro atoms. The molecule has 1 aromatic heterocycles. The first kappa shape index (κ1) is 18.6. The lowest BCUT2D eigenvalue weighted by Crippen LogP contribution is -2.29. The Morgan fingerprint density at radius 1 is 1.15 bits per heavy atom. The Labute approximate surface area is 150 Å². The average Bonchev–Trinajstić information content (AvgIpc) is 2.57. The molecule has 3 rings (SSSR count). The van der Waals surface area contributed by atoms with E-state index in [9.17, 15) is 32.3 Å². The number of hydrogen-bond acceptors (Lipinski definition) is 2. The van der Waals surface area contributed by atoms with Gasteiger partial charge in [0, 0.05) is 5.39 Å². The number of aromatic nitrogens is 1. The van der Waals surface area contributed by atoms with Crippen LogP contribution in [0.4, 0.5) is 17.6 Å². The Morgan fingerprint density at radius 2 is 1.85 bits per heavy atom. The number of fused-ring (bicyclic) bond motifs is 1. The van der Waals surface area contributed by atoms with Gasteiger partial charge in [-0.1, -0.05) is 18.2 Å². The highest BCUT2D eigenvalue weighted by molar-refractivity contribution is 5.96. The summed E-state index contributed by atoms with van der Waals surface area (Å²) in [6.45, 7) is 1.10. The molecule has 0 unspecified atom stereocenters. The molecule has 0 saturated heterocycles. The number of aromatic carboxylic acids is 1. The summed E-state index contributed by atoms with van der Waals surface area (Å²) < 4.78 is 53.7. The number of benzene rings is 2. The van der Waals surface area contributed by atoms with Crippen molar-refractivity contribution in [2.75, 3.05) is 0 Å². The van der Waals surface area contributed by atoms with Crippen molar-refractivity contribution in [3.63, 3.8) is 0 Å². The molecule has 2 aromatic carbocycles. The van der Waals surface area contributed by atoms with Crippen LogP contribution in [0.2, 0.25) is 0 Å². The van der Waals surface area contributed by atoms with Gasteiger partial charge in [-0.05, 0) is 42.3 Å². The zero-order valence-electron chi connectivity index (χ0n) is 14.0. The summed E-state index contributed by atoms with van der Waals surface area (Å²) in [5, 5.41) is 9.58. The van der Waals surface area contributed by atoms with Crippen LogP contribution in [0, 0.1) is 12.7 Å². The van der Waals surface area contributed by atoms with Gasteiger partial charge in [-0.2, -0.15) is 13.2 Å². The zero-order chi connectivity index (χ0) is 19.9. The van der Waals surface area contributed by atoms with Crippen molar-refractivity contribution in [1.82, 2.24) is 4.57 Å². The van der Waals surface area contributed by atoms with Crippen LogP contribution in [0.3, 0.4) is 0 Å². The predicted molar refractivity (Wildman–Crippen MR) is 90.4 cm³/mol. The smallest absolute Gasteiger partial charge is 0.416 e. The summed E-state index contributed by atoms with van der Waals surface area (Å²) in [6, 6.07) is 7.98. The van der Waals surface area contributed by atoms with Gasteiger partial charge >= 0.3 is 12.1 Å². The Hall–Kier alpha value is -3.16. The lowest BCUT2D eigenvalue weighted by molar-refractivity contribution is -0.137. The number of rotatable bonds is 3. The van der Waals surface area contributed by atoms with Gasteiger partial charge in [-0.3, -0.25) is 4.79 Å². The van der Waals surface area contributed by atoms with E-state index >= 15 is 0 Å². The molecule has 0 saturated carbocycles. The van der Waals surface area contributed by atoms with Crippen LogP contribution >= 0.6 is 0 Å². The second-order valence-corrected chi connectivity index (χ2v) is 6.06. The average molecular weight is 379 g/mol. The fourth-order valence-corrected chi connectivity index (χ4v) is 3.01. The van der Waals surface area contributed by atoms with Gasteiger partial charge in [0.05, 0.1) is 17.6 Å². The second-order valence-electron chi connectivity index (χ2n) is 6.06. The number of carbonyl (C=O) groups is 1. The normalized spacial score (nSPS) is 11.7. The Balaban J connectivity index is 2.36. The number of nitrogens with zero attached hydrogens (tertiary/aromatic N) is 1. The molecule has 0 aliphatic rings. The summed E-state index contributed by atoms with van der Waals surface area (Å²) in [7, 11) is 0. The highest BCUT2D eigenvalue weighted by Crippen LogP contribution is 2.32. The number of aryl methyl sites for hydroxylation is 1. The minimum absolute atomic E-state index is 0.0680. The minimum Gasteiger partial charge on any atom is -0.477 e. The van der Waals surface area contributed by atoms with Crippen molar-refractivity contribution in [3.05, 3.63) is 80.9 Å². The predicted octanol–water partition coefficient (Wildman–Crippen LogP) is 4.21. The molecular formula is C19H13F4NO3. The van der Waals surface area contributed by atoms with E-state index in [1.807, 2.05) is 0 Å². The van der Waals surface area contributed by atoms with Crippen LogP contribution in [-0.4, -0.2) is 15.6 Å². The van der Waals surface area contributed by atoms with E-state index in [1.54, 1.807) is 0 Å². The van der Waals surface area contributed by atoms with E-state index in [0.29, 0.717) is 5.56 Å². The molecule has 0 amide bonds. The molecule has 0 atom stereocenters. The first-order valence-corrected chi connectivity index (χ1v) is 7.81. The summed E-state index contributed by atoms with van der Waals surface area (Å²) in [6.07, 6.45) is -4.63. The third-order valence-corrected chi connectivity index (χ3v) is 4.30. The summed E-state index contributed by atoms with van der Waals surface area (Å²) in [4.78, 5) is 24.2. The van der Waals surface area contributed by atoms with Crippen molar-refractivity contribution in [1.29, 1.82) is 0 Å². The third kappa shape index (κ3) is 3.42. The summed E-state index contributed by atoms with van der Waals surface area (Å²) >= 11 is 0. The van der Waals surface area contributed by atoms with Gasteiger partial charge in [0.2, 0.25) is 0 Å². The van der Waals surface area contributed by atoms with E-state index in [0.717, 1.165) is 28.8 Å². The maximum Gasteiger partial charge on any atom is 0.416 e. The summed E-state index contributed by atoms with van der Waals surface area (Å²) in [5.74, 6) is -2.06. The van der Waals surface area contributed by atoms with Crippen molar-refractivity contribution in [2.45, 2.75) is 19.6 Å². The molecule has 0 fully saturated rings. The molecule has 3 aromatic rings. The molecule has 1 heterocycles. The molecule has 0 bridgehead atoms. The van der Waals surface area contributed by atoms with E-state index in [4.69, 9.17) is 0 Å². The highest BCUT2D eigenvalue weighted by Gasteiger charge is 2.31. The van der Waals surface area contributed by atoms with Gasteiger partial charge in [-0.15, -0.1) is 0 Å². The number of carboxylic acid groups (broad SMARTS) is 1. The minimum atomic E-state index is -4.63. The van der Waals surface area contributed by atoms with Crippen molar-refractivity contribution < 1.29 is 27.5 Å². The maximum absolute atomic E-state index is 13.4. The van der Waals surface area contributed by atoms with Crippen LogP contribution < -0.4 is 5.56 Å². The monoisotopic (exact) mass is 379 g/mol. The van der Waals surface area contributed by atoms with Crippen LogP contribution in [0.1, 0.15) is 27.0 Å². The third-order valence-electron chi connectivity index (χ3n) is 4.30. The van der Waals surface area contributed by atoms with Crippen molar-refractivity contribution >= 4 is 16.9 Å². The van der Waals surface area contributed by atoms with Gasteiger partial charge in [-0.25, -0.2) is 9.18 Å². The lowest BCUT2D eigenvalue weighted by Gasteiger charge is -2.16. The lowest BCUT2D eigenvalue weighted by atomic mass is 10.0. The van der Waals surface area contributed by atoms with Crippen LogP contribution in [0.15, 0.2) is 47.3 Å². The topological polar surface area (TPSA) is 59.3 Å². The zero-order valence-corrected chi connectivity index (χ0v) is 14.0. The van der Waals surface area contributed by atoms with Crippen LogP contribution in [-0.2, 0) is 12.7 Å². The van der Waals surface area contributed by atoms with E-state index in [2.05, 4.69) is 0 Å². The van der Waals surface area contributed by atoms with E-state index in [1.165, 1.54) is 25.1 Å². The first-order chi connectivity index (χ1) is 12.6. The Kier molecular flexibility index (Phi) is 4.51. The fraction of sp³-hybridized carbons (Fsp3) is 0.158. The molecule has 0 radical (unpaired) electrons. The van der Waals surface area contributed by atoms with Crippen molar-refractivity contribution in [2.24, 2.45) is 0 Å². The molecule has 4 nitrogen and oxygen atoms in total. The number of halogens is 4. The van der Waals surface area contributed by atoms with Gasteiger partial charge in [0.15, 0.2) is 0 Å². The van der Waals surface area contributed by atoms with Crippen LogP contribution in [0.5, 0.6) is 0 Å². The fourth-order valence-electron chi connectivity index (χ4n) is 3.01. The molecule has 1 N–H and O–H groups in total. The molecule has 0 aliphatic heterocycles. The maximum atomic E-state index is 13.4. The standard InChI is InChI=1S/C19H13F4NO3/c1-10-14-6-5-12(19(21,22)23)8-15(14)24(17(25)16(10)18(26)27)9-11-3-2-4-13(20)7-11/h2-8H,9H2,1H3,(H,26,27). The molecule has 27 heavy (non-hydrogen) atoms. The molecule has 0 aliphatic carbocycles. The molecule has 140 valence electrons. The second kappa shape index (κ2) is 6.53. The SMILES string of the molecule is Cc1c(C(=O)O)c(=O)n(Cc2cccc(F)c2)c2cc(C(F)(F)F)ccc12. The molecular weight excluding hydrogens is 366 g/mol. The highest BCUT2D eigenvalue weighted by atomic mass is 19.4. The Bertz CT molecular complexity index is 1120. The van der Waals surface area contributed by atoms with Crippen LogP contribution in [0.25, 0.3) is 10.9 Å². The quantitative estimate of drug-likeness (QED) is 0.694. The number of alkyl halides is 3. The van der Waals surface area contributed by atoms with Gasteiger partial charge in [0.25, 0.3) is 5.56 Å². The van der Waals surface area contributed by atoms with Gasteiger partial charge in [0.1, 0.15) is 11.4 Å². The molecule has 8 heteroatoms. The number of hydrogen-bond donors (Lipinski definition) is 1. The van der Waals surface area contributed by atoms with E-state index in [-0.39, 0.29) is 23.0 Å². The van der Waals surface area contributed by atoms with Gasteiger partial charge < -0.3 is 9.67 Å². The summed E-state index contributed by atoms with van der Waals surface area (Å²) in [5.41, 5.74) is -2.12. The number of carboxylic acids is 1.